The fourth-order valence-electron chi connectivity index (χ4n) is 1.94. The van der Waals surface area contributed by atoms with Crippen LogP contribution in [0.3, 0.4) is 0 Å². The summed E-state index contributed by atoms with van der Waals surface area (Å²) in [5, 5.41) is 1.14. The van der Waals surface area contributed by atoms with Crippen LogP contribution in [0.15, 0.2) is 28.7 Å². The molecule has 92 valence electrons. The summed E-state index contributed by atoms with van der Waals surface area (Å²) in [4.78, 5) is 0. The highest BCUT2D eigenvalue weighted by molar-refractivity contribution is 5.78. The van der Waals surface area contributed by atoms with Crippen LogP contribution in [-0.4, -0.2) is 0 Å². The second-order valence-corrected chi connectivity index (χ2v) is 5.51. The summed E-state index contributed by atoms with van der Waals surface area (Å²) in [6.07, 6.45) is 1.03. The zero-order valence-electron chi connectivity index (χ0n) is 11.1. The number of hydrogen-bond acceptors (Lipinski definition) is 2. The third-order valence-corrected chi connectivity index (χ3v) is 3.75. The SMILES string of the molecule is CCC(C)(C)C(N)c1cc2cc(C)ccc2o1. The fourth-order valence-corrected chi connectivity index (χ4v) is 1.94. The number of rotatable bonds is 3. The number of fused-ring (bicyclic) bond motifs is 1. The van der Waals surface area contributed by atoms with Crippen LogP contribution in [0.25, 0.3) is 11.0 Å². The van der Waals surface area contributed by atoms with E-state index < -0.39 is 0 Å². The molecule has 2 nitrogen and oxygen atoms in total. The molecule has 0 aliphatic heterocycles. The van der Waals surface area contributed by atoms with Gasteiger partial charge in [0.2, 0.25) is 0 Å². The molecule has 2 heteroatoms. The molecular weight excluding hydrogens is 210 g/mol. The van der Waals surface area contributed by atoms with E-state index in [4.69, 9.17) is 10.2 Å². The lowest BCUT2D eigenvalue weighted by Crippen LogP contribution is -2.28. The number of hydrogen-bond donors (Lipinski definition) is 1. The van der Waals surface area contributed by atoms with Gasteiger partial charge in [-0.05, 0) is 37.0 Å². The summed E-state index contributed by atoms with van der Waals surface area (Å²) in [7, 11) is 0. The molecule has 1 heterocycles. The van der Waals surface area contributed by atoms with Gasteiger partial charge in [-0.2, -0.15) is 0 Å². The molecular formula is C15H21NO. The van der Waals surface area contributed by atoms with Gasteiger partial charge in [-0.15, -0.1) is 0 Å². The van der Waals surface area contributed by atoms with Crippen molar-refractivity contribution >= 4 is 11.0 Å². The van der Waals surface area contributed by atoms with Gasteiger partial charge in [0.15, 0.2) is 0 Å². The fraction of sp³-hybridized carbons (Fsp3) is 0.467. The highest BCUT2D eigenvalue weighted by Crippen LogP contribution is 2.36. The number of furan rings is 1. The average Bonchev–Trinajstić information content (AvgIpc) is 2.70. The molecule has 2 rings (SSSR count). The van der Waals surface area contributed by atoms with Gasteiger partial charge >= 0.3 is 0 Å². The lowest BCUT2D eigenvalue weighted by Gasteiger charge is -2.28. The third kappa shape index (κ3) is 2.22. The van der Waals surface area contributed by atoms with E-state index in [0.29, 0.717) is 0 Å². The summed E-state index contributed by atoms with van der Waals surface area (Å²) >= 11 is 0. The van der Waals surface area contributed by atoms with E-state index in [1.165, 1.54) is 5.56 Å². The molecule has 0 saturated heterocycles. The maximum atomic E-state index is 6.29. The van der Waals surface area contributed by atoms with Gasteiger partial charge in [0.05, 0.1) is 6.04 Å². The standard InChI is InChI=1S/C15H21NO/c1-5-15(3,4)14(16)13-9-11-8-10(2)6-7-12(11)17-13/h6-9,14H,5,16H2,1-4H3. The van der Waals surface area contributed by atoms with Crippen LogP contribution in [0.4, 0.5) is 0 Å². The topological polar surface area (TPSA) is 39.2 Å². The lowest BCUT2D eigenvalue weighted by molar-refractivity contribution is 0.251. The predicted molar refractivity (Wildman–Crippen MR) is 72.0 cm³/mol. The molecule has 0 saturated carbocycles. The van der Waals surface area contributed by atoms with Gasteiger partial charge in [-0.3, -0.25) is 0 Å². The van der Waals surface area contributed by atoms with E-state index in [0.717, 1.165) is 23.2 Å². The molecule has 0 radical (unpaired) electrons. The van der Waals surface area contributed by atoms with E-state index >= 15 is 0 Å². The van der Waals surface area contributed by atoms with Crippen molar-refractivity contribution in [2.24, 2.45) is 11.1 Å². The molecule has 0 amide bonds. The van der Waals surface area contributed by atoms with Crippen molar-refractivity contribution in [1.82, 2.24) is 0 Å². The monoisotopic (exact) mass is 231 g/mol. The Morgan fingerprint density at radius 3 is 2.65 bits per heavy atom. The quantitative estimate of drug-likeness (QED) is 0.860. The molecule has 0 aliphatic carbocycles. The van der Waals surface area contributed by atoms with Crippen molar-refractivity contribution in [3.63, 3.8) is 0 Å². The van der Waals surface area contributed by atoms with E-state index in [2.05, 4.69) is 45.9 Å². The van der Waals surface area contributed by atoms with Crippen LogP contribution in [0.2, 0.25) is 0 Å². The molecule has 1 unspecified atom stereocenters. The van der Waals surface area contributed by atoms with Crippen LogP contribution < -0.4 is 5.73 Å². The largest absolute Gasteiger partial charge is 0.459 e. The molecule has 1 aromatic heterocycles. The number of aryl methyl sites for hydroxylation is 1. The Bertz CT molecular complexity index is 525. The maximum Gasteiger partial charge on any atom is 0.134 e. The van der Waals surface area contributed by atoms with Gasteiger partial charge < -0.3 is 10.2 Å². The van der Waals surface area contributed by atoms with Crippen LogP contribution in [0.1, 0.15) is 44.6 Å². The highest BCUT2D eigenvalue weighted by atomic mass is 16.3. The molecule has 0 aliphatic rings. The first-order valence-corrected chi connectivity index (χ1v) is 6.19. The molecule has 1 atom stereocenters. The molecule has 0 bridgehead atoms. The normalized spacial score (nSPS) is 14.2. The van der Waals surface area contributed by atoms with Crippen molar-refractivity contribution in [3.05, 3.63) is 35.6 Å². The average molecular weight is 231 g/mol. The summed E-state index contributed by atoms with van der Waals surface area (Å²) in [5.74, 6) is 0.887. The molecule has 17 heavy (non-hydrogen) atoms. The number of benzene rings is 1. The van der Waals surface area contributed by atoms with Crippen molar-refractivity contribution < 1.29 is 4.42 Å². The summed E-state index contributed by atoms with van der Waals surface area (Å²) in [6, 6.07) is 8.23. The zero-order valence-corrected chi connectivity index (χ0v) is 11.1. The van der Waals surface area contributed by atoms with Gasteiger partial charge in [-0.1, -0.05) is 32.4 Å². The highest BCUT2D eigenvalue weighted by Gasteiger charge is 2.28. The van der Waals surface area contributed by atoms with E-state index in [9.17, 15) is 0 Å². The first-order valence-electron chi connectivity index (χ1n) is 6.19. The van der Waals surface area contributed by atoms with Crippen molar-refractivity contribution in [1.29, 1.82) is 0 Å². The first-order chi connectivity index (χ1) is 7.94. The Morgan fingerprint density at radius 2 is 2.00 bits per heavy atom. The smallest absolute Gasteiger partial charge is 0.134 e. The minimum atomic E-state index is -0.0554. The number of nitrogens with two attached hydrogens (primary N) is 1. The van der Waals surface area contributed by atoms with Crippen molar-refractivity contribution in [3.8, 4) is 0 Å². The Balaban J connectivity index is 2.43. The zero-order chi connectivity index (χ0) is 12.6. The first kappa shape index (κ1) is 12.2. The Labute approximate surface area is 103 Å². The van der Waals surface area contributed by atoms with E-state index in [1.807, 2.05) is 6.07 Å². The Kier molecular flexibility index (Phi) is 3.00. The van der Waals surface area contributed by atoms with E-state index in [-0.39, 0.29) is 11.5 Å². The third-order valence-electron chi connectivity index (χ3n) is 3.75. The maximum absolute atomic E-state index is 6.29. The van der Waals surface area contributed by atoms with Gasteiger partial charge in [0.25, 0.3) is 0 Å². The van der Waals surface area contributed by atoms with E-state index in [1.54, 1.807) is 0 Å². The molecule has 0 spiro atoms. The predicted octanol–water partition coefficient (Wildman–Crippen LogP) is 4.18. The summed E-state index contributed by atoms with van der Waals surface area (Å²) in [6.45, 7) is 8.60. The van der Waals surface area contributed by atoms with Gasteiger partial charge in [0.1, 0.15) is 11.3 Å². The summed E-state index contributed by atoms with van der Waals surface area (Å²) < 4.78 is 5.85. The molecule has 1 aromatic carbocycles. The van der Waals surface area contributed by atoms with Gasteiger partial charge in [0, 0.05) is 5.39 Å². The Hall–Kier alpha value is -1.28. The minimum Gasteiger partial charge on any atom is -0.459 e. The van der Waals surface area contributed by atoms with Crippen LogP contribution in [-0.2, 0) is 0 Å². The second kappa shape index (κ2) is 4.19. The molecule has 2 N–H and O–H groups in total. The summed E-state index contributed by atoms with van der Waals surface area (Å²) in [5.41, 5.74) is 8.52. The Morgan fingerprint density at radius 1 is 1.29 bits per heavy atom. The van der Waals surface area contributed by atoms with Crippen LogP contribution in [0, 0.1) is 12.3 Å². The minimum absolute atomic E-state index is 0.0554. The van der Waals surface area contributed by atoms with Crippen molar-refractivity contribution in [2.75, 3.05) is 0 Å². The van der Waals surface area contributed by atoms with Crippen LogP contribution >= 0.6 is 0 Å². The van der Waals surface area contributed by atoms with Crippen LogP contribution in [0.5, 0.6) is 0 Å². The van der Waals surface area contributed by atoms with Gasteiger partial charge in [-0.25, -0.2) is 0 Å². The van der Waals surface area contributed by atoms with Crippen molar-refractivity contribution in [2.45, 2.75) is 40.2 Å². The lowest BCUT2D eigenvalue weighted by atomic mass is 9.81. The second-order valence-electron chi connectivity index (χ2n) is 5.51. The molecule has 2 aromatic rings. The molecule has 0 fully saturated rings.